The van der Waals surface area contributed by atoms with Crippen molar-refractivity contribution < 1.29 is 9.32 Å². The zero-order chi connectivity index (χ0) is 13.0. The van der Waals surface area contributed by atoms with Crippen molar-refractivity contribution in [2.24, 2.45) is 0 Å². The van der Waals surface area contributed by atoms with Crippen molar-refractivity contribution >= 4 is 22.4 Å². The van der Waals surface area contributed by atoms with Gasteiger partial charge >= 0.3 is 0 Å². The molecule has 18 heavy (non-hydrogen) atoms. The van der Waals surface area contributed by atoms with Gasteiger partial charge in [-0.2, -0.15) is 0 Å². The predicted octanol–water partition coefficient (Wildman–Crippen LogP) is 1.70. The zero-order valence-electron chi connectivity index (χ0n) is 10.1. The summed E-state index contributed by atoms with van der Waals surface area (Å²) in [7, 11) is -1.08. The van der Waals surface area contributed by atoms with Crippen LogP contribution in [0.2, 0.25) is 5.02 Å². The Morgan fingerprint density at radius 2 is 2.17 bits per heavy atom. The second kappa shape index (κ2) is 6.66. The first-order chi connectivity index (χ1) is 8.65. The molecule has 1 saturated carbocycles. The second-order valence-corrected chi connectivity index (χ2v) is 6.59. The van der Waals surface area contributed by atoms with Crippen molar-refractivity contribution in [3.63, 3.8) is 0 Å². The summed E-state index contributed by atoms with van der Waals surface area (Å²) < 4.78 is 11.9. The van der Waals surface area contributed by atoms with E-state index in [0.29, 0.717) is 29.1 Å². The second-order valence-electron chi connectivity index (χ2n) is 4.68. The van der Waals surface area contributed by atoms with E-state index in [4.69, 9.17) is 11.6 Å². The van der Waals surface area contributed by atoms with Gasteiger partial charge in [-0.3, -0.25) is 4.21 Å². The van der Waals surface area contributed by atoms with Gasteiger partial charge < -0.3 is 10.4 Å². The minimum absolute atomic E-state index is 0.297. The largest absolute Gasteiger partial charge is 0.391 e. The van der Waals surface area contributed by atoms with Crippen molar-refractivity contribution in [3.8, 4) is 0 Å². The van der Waals surface area contributed by atoms with Gasteiger partial charge in [0.2, 0.25) is 0 Å². The maximum absolute atomic E-state index is 11.9. The Morgan fingerprint density at radius 3 is 2.83 bits per heavy atom. The van der Waals surface area contributed by atoms with Crippen LogP contribution in [0.1, 0.15) is 18.4 Å². The molecule has 2 atom stereocenters. The molecule has 1 aliphatic rings. The number of hydrogen-bond acceptors (Lipinski definition) is 3. The van der Waals surface area contributed by atoms with Gasteiger partial charge in [-0.15, -0.1) is 0 Å². The van der Waals surface area contributed by atoms with Crippen molar-refractivity contribution in [1.82, 2.24) is 5.32 Å². The summed E-state index contributed by atoms with van der Waals surface area (Å²) in [5.74, 6) is 0.700. The fourth-order valence-electron chi connectivity index (χ4n) is 1.71. The lowest BCUT2D eigenvalue weighted by molar-refractivity contribution is 0.194. The fraction of sp³-hybridized carbons (Fsp3) is 0.538. The zero-order valence-corrected chi connectivity index (χ0v) is 11.7. The quantitative estimate of drug-likeness (QED) is 0.803. The molecular weight excluding hydrogens is 270 g/mol. The summed E-state index contributed by atoms with van der Waals surface area (Å²) in [5, 5.41) is 13.6. The molecule has 2 rings (SSSR count). The maximum Gasteiger partial charge on any atom is 0.0779 e. The third-order valence-corrected chi connectivity index (χ3v) is 4.63. The lowest BCUT2D eigenvalue weighted by atomic mass is 10.2. The molecule has 1 aromatic carbocycles. The number of benzene rings is 1. The summed E-state index contributed by atoms with van der Waals surface area (Å²) in [6.07, 6.45) is 1.83. The van der Waals surface area contributed by atoms with Gasteiger partial charge in [-0.1, -0.05) is 29.8 Å². The van der Waals surface area contributed by atoms with E-state index < -0.39 is 16.9 Å². The van der Waals surface area contributed by atoms with Gasteiger partial charge in [0.05, 0.1) is 17.6 Å². The van der Waals surface area contributed by atoms with Crippen molar-refractivity contribution in [2.45, 2.75) is 30.7 Å². The van der Waals surface area contributed by atoms with Crippen LogP contribution in [0.25, 0.3) is 0 Å². The topological polar surface area (TPSA) is 49.3 Å². The number of aliphatic hydroxyl groups is 1. The Balaban J connectivity index is 1.75. The summed E-state index contributed by atoms with van der Waals surface area (Å²) in [5.41, 5.74) is 0.875. The predicted molar refractivity (Wildman–Crippen MR) is 75.2 cm³/mol. The molecule has 0 radical (unpaired) electrons. The van der Waals surface area contributed by atoms with Crippen molar-refractivity contribution in [3.05, 3.63) is 34.9 Å². The van der Waals surface area contributed by atoms with Crippen molar-refractivity contribution in [1.29, 1.82) is 0 Å². The van der Waals surface area contributed by atoms with Crippen LogP contribution >= 0.6 is 11.6 Å². The molecule has 5 heteroatoms. The Labute approximate surface area is 115 Å². The SMILES string of the molecule is O=S(Cc1ccccc1Cl)CC(O)CNC1CC1. The highest BCUT2D eigenvalue weighted by atomic mass is 35.5. The number of halogens is 1. The molecule has 0 bridgehead atoms. The van der Waals surface area contributed by atoms with Crippen molar-refractivity contribution in [2.75, 3.05) is 12.3 Å². The molecule has 2 N–H and O–H groups in total. The lowest BCUT2D eigenvalue weighted by Crippen LogP contribution is -2.32. The molecule has 0 spiro atoms. The molecule has 1 aliphatic carbocycles. The van der Waals surface area contributed by atoms with E-state index in [1.165, 1.54) is 12.8 Å². The first kappa shape index (κ1) is 14.0. The smallest absolute Gasteiger partial charge is 0.0779 e. The lowest BCUT2D eigenvalue weighted by Gasteiger charge is -2.11. The molecule has 0 amide bonds. The van der Waals surface area contributed by atoms with E-state index in [-0.39, 0.29) is 0 Å². The van der Waals surface area contributed by atoms with Gasteiger partial charge in [0, 0.05) is 28.4 Å². The Bertz CT molecular complexity index is 423. The highest BCUT2D eigenvalue weighted by Crippen LogP contribution is 2.19. The van der Waals surface area contributed by atoms with Gasteiger partial charge in [-0.25, -0.2) is 0 Å². The number of aliphatic hydroxyl groups excluding tert-OH is 1. The molecule has 1 fully saturated rings. The molecular formula is C13H18ClNO2S. The molecule has 1 aromatic rings. The molecule has 0 saturated heterocycles. The average molecular weight is 288 g/mol. The Kier molecular flexibility index (Phi) is 5.18. The summed E-state index contributed by atoms with van der Waals surface area (Å²) in [6.45, 7) is 0.527. The first-order valence-corrected chi connectivity index (χ1v) is 8.01. The molecule has 2 unspecified atom stereocenters. The van der Waals surface area contributed by atoms with Gasteiger partial charge in [0.15, 0.2) is 0 Å². The highest BCUT2D eigenvalue weighted by Gasteiger charge is 2.21. The minimum Gasteiger partial charge on any atom is -0.391 e. The van der Waals surface area contributed by atoms with Gasteiger partial charge in [-0.05, 0) is 24.5 Å². The minimum atomic E-state index is -1.08. The number of hydrogen-bond donors (Lipinski definition) is 2. The molecule has 0 aliphatic heterocycles. The van der Waals surface area contributed by atoms with Crippen LogP contribution in [0.5, 0.6) is 0 Å². The number of nitrogens with one attached hydrogen (secondary N) is 1. The standard InChI is InChI=1S/C13H18ClNO2S/c14-13-4-2-1-3-10(13)8-18(17)9-12(16)7-15-11-5-6-11/h1-4,11-12,15-16H,5-9H2. The normalized spacial score (nSPS) is 18.6. The van der Waals surface area contributed by atoms with Gasteiger partial charge in [0.25, 0.3) is 0 Å². The van der Waals surface area contributed by atoms with E-state index in [1.807, 2.05) is 18.2 Å². The van der Waals surface area contributed by atoms with E-state index >= 15 is 0 Å². The monoisotopic (exact) mass is 287 g/mol. The van der Waals surface area contributed by atoms with Gasteiger partial charge in [0.1, 0.15) is 0 Å². The number of rotatable bonds is 7. The van der Waals surface area contributed by atoms with E-state index in [9.17, 15) is 9.32 Å². The average Bonchev–Trinajstić information content (AvgIpc) is 3.13. The fourth-order valence-corrected chi connectivity index (χ4v) is 3.26. The molecule has 100 valence electrons. The Hall–Kier alpha value is -0.420. The van der Waals surface area contributed by atoms with Crippen LogP contribution in [0.4, 0.5) is 0 Å². The maximum atomic E-state index is 11.9. The van der Waals surface area contributed by atoms with Crippen LogP contribution in [0.15, 0.2) is 24.3 Å². The molecule has 0 heterocycles. The van der Waals surface area contributed by atoms with Crippen LogP contribution in [0, 0.1) is 0 Å². The third kappa shape index (κ3) is 4.69. The van der Waals surface area contributed by atoms with E-state index in [2.05, 4.69) is 5.32 Å². The van der Waals surface area contributed by atoms with Crippen LogP contribution in [-0.2, 0) is 16.6 Å². The molecule has 3 nitrogen and oxygen atoms in total. The Morgan fingerprint density at radius 1 is 1.44 bits per heavy atom. The van der Waals surface area contributed by atoms with E-state index in [0.717, 1.165) is 5.56 Å². The van der Waals surface area contributed by atoms with Crippen LogP contribution < -0.4 is 5.32 Å². The molecule has 0 aromatic heterocycles. The third-order valence-electron chi connectivity index (χ3n) is 2.87. The van der Waals surface area contributed by atoms with Crippen LogP contribution in [-0.4, -0.2) is 33.8 Å². The highest BCUT2D eigenvalue weighted by molar-refractivity contribution is 7.84. The van der Waals surface area contributed by atoms with E-state index in [1.54, 1.807) is 6.07 Å². The first-order valence-electron chi connectivity index (χ1n) is 6.15. The summed E-state index contributed by atoms with van der Waals surface area (Å²) >= 11 is 6.01. The summed E-state index contributed by atoms with van der Waals surface area (Å²) in [4.78, 5) is 0. The summed E-state index contributed by atoms with van der Waals surface area (Å²) in [6, 6.07) is 7.96. The van der Waals surface area contributed by atoms with Crippen LogP contribution in [0.3, 0.4) is 0 Å².